The summed E-state index contributed by atoms with van der Waals surface area (Å²) in [6, 6.07) is 3.56. The first kappa shape index (κ1) is 14.9. The fourth-order valence-corrected chi connectivity index (χ4v) is 3.07. The Morgan fingerprint density at radius 1 is 1.28 bits per heavy atom. The lowest BCUT2D eigenvalue weighted by Gasteiger charge is -2.13. The molecule has 102 valence electrons. The molecule has 0 radical (unpaired) electrons. The van der Waals surface area contributed by atoms with Gasteiger partial charge in [0.2, 0.25) is 10.0 Å². The van der Waals surface area contributed by atoms with E-state index in [1.165, 1.54) is 0 Å². The third-order valence-electron chi connectivity index (χ3n) is 2.62. The Bertz CT molecular complexity index is 512. The van der Waals surface area contributed by atoms with Gasteiger partial charge in [-0.05, 0) is 31.9 Å². The quantitative estimate of drug-likeness (QED) is 0.602. The lowest BCUT2D eigenvalue weighted by Crippen LogP contribution is -2.29. The van der Waals surface area contributed by atoms with E-state index >= 15 is 0 Å². The number of anilines is 1. The smallest absolute Gasteiger partial charge is 0.242 e. The Morgan fingerprint density at radius 3 is 2.50 bits per heavy atom. The highest BCUT2D eigenvalue weighted by Crippen LogP contribution is 2.25. The van der Waals surface area contributed by atoms with Gasteiger partial charge in [-0.1, -0.05) is 12.1 Å². The predicted molar refractivity (Wildman–Crippen MR) is 72.0 cm³/mol. The molecule has 1 rings (SSSR count). The van der Waals surface area contributed by atoms with Crippen molar-refractivity contribution < 1.29 is 13.2 Å². The molecular formula is C12H20N2O3S. The number of sulfonamides is 1. The summed E-state index contributed by atoms with van der Waals surface area (Å²) < 4.78 is 31.9. The number of rotatable bonds is 6. The molecule has 0 spiro atoms. The minimum absolute atomic E-state index is 0.166. The minimum Gasteiger partial charge on any atom is -0.397 e. The summed E-state index contributed by atoms with van der Waals surface area (Å²) in [6.07, 6.45) is 0. The number of hydrogen-bond acceptors (Lipinski definition) is 4. The third-order valence-corrected chi connectivity index (χ3v) is 4.29. The van der Waals surface area contributed by atoms with E-state index in [1.807, 2.05) is 13.0 Å². The SMILES string of the molecule is CCOCCNS(=O)(=O)c1c(C)ccc(C)c1N. The molecule has 1 aromatic carbocycles. The van der Waals surface area contributed by atoms with Gasteiger partial charge >= 0.3 is 0 Å². The average Bonchev–Trinajstić information content (AvgIpc) is 2.30. The van der Waals surface area contributed by atoms with E-state index in [2.05, 4.69) is 4.72 Å². The molecule has 5 nitrogen and oxygen atoms in total. The molecule has 0 aliphatic carbocycles. The molecule has 0 atom stereocenters. The lowest BCUT2D eigenvalue weighted by atomic mass is 10.1. The first-order chi connectivity index (χ1) is 8.40. The molecule has 0 aliphatic rings. The fourth-order valence-electron chi connectivity index (χ4n) is 1.63. The molecule has 0 fully saturated rings. The van der Waals surface area contributed by atoms with Crippen molar-refractivity contribution in [3.05, 3.63) is 23.3 Å². The molecule has 1 aromatic rings. The third kappa shape index (κ3) is 3.44. The van der Waals surface area contributed by atoms with Gasteiger partial charge < -0.3 is 10.5 Å². The summed E-state index contributed by atoms with van der Waals surface area (Å²) >= 11 is 0. The maximum Gasteiger partial charge on any atom is 0.242 e. The van der Waals surface area contributed by atoms with Gasteiger partial charge in [0.1, 0.15) is 4.90 Å². The summed E-state index contributed by atoms with van der Waals surface area (Å²) in [6.45, 7) is 6.52. The Hall–Kier alpha value is -1.11. The van der Waals surface area contributed by atoms with Crippen LogP contribution >= 0.6 is 0 Å². The maximum atomic E-state index is 12.1. The molecule has 18 heavy (non-hydrogen) atoms. The second-order valence-corrected chi connectivity index (χ2v) is 5.74. The van der Waals surface area contributed by atoms with E-state index in [0.717, 1.165) is 5.56 Å². The van der Waals surface area contributed by atoms with Crippen LogP contribution in [-0.2, 0) is 14.8 Å². The molecule has 0 saturated carbocycles. The number of nitrogen functional groups attached to an aromatic ring is 1. The molecule has 0 saturated heterocycles. The largest absolute Gasteiger partial charge is 0.397 e. The van der Waals surface area contributed by atoms with Crippen LogP contribution in [0, 0.1) is 13.8 Å². The van der Waals surface area contributed by atoms with Crippen LogP contribution in [0.4, 0.5) is 5.69 Å². The van der Waals surface area contributed by atoms with Gasteiger partial charge in [0.15, 0.2) is 0 Å². The second kappa shape index (κ2) is 6.17. The molecule has 0 aromatic heterocycles. The molecule has 0 bridgehead atoms. The van der Waals surface area contributed by atoms with E-state index < -0.39 is 10.0 Å². The van der Waals surface area contributed by atoms with Gasteiger partial charge in [0.25, 0.3) is 0 Å². The van der Waals surface area contributed by atoms with Crippen molar-refractivity contribution in [2.75, 3.05) is 25.5 Å². The zero-order valence-corrected chi connectivity index (χ0v) is 11.8. The van der Waals surface area contributed by atoms with E-state index in [-0.39, 0.29) is 11.4 Å². The van der Waals surface area contributed by atoms with Crippen molar-refractivity contribution >= 4 is 15.7 Å². The van der Waals surface area contributed by atoms with Crippen molar-refractivity contribution in [2.24, 2.45) is 0 Å². The summed E-state index contributed by atoms with van der Waals surface area (Å²) in [5.74, 6) is 0. The Morgan fingerprint density at radius 2 is 1.89 bits per heavy atom. The molecule has 0 amide bonds. The topological polar surface area (TPSA) is 81.4 Å². The zero-order chi connectivity index (χ0) is 13.8. The van der Waals surface area contributed by atoms with Crippen LogP contribution in [0.5, 0.6) is 0 Å². The monoisotopic (exact) mass is 272 g/mol. The summed E-state index contributed by atoms with van der Waals surface area (Å²) in [4.78, 5) is 0.166. The van der Waals surface area contributed by atoms with E-state index in [1.54, 1.807) is 19.9 Å². The number of ether oxygens (including phenoxy) is 1. The van der Waals surface area contributed by atoms with Crippen LogP contribution in [0.2, 0.25) is 0 Å². The van der Waals surface area contributed by atoms with Crippen molar-refractivity contribution in [3.8, 4) is 0 Å². The van der Waals surface area contributed by atoms with Gasteiger partial charge in [-0.2, -0.15) is 0 Å². The predicted octanol–water partition coefficient (Wildman–Crippen LogP) is 1.20. The molecule has 6 heteroatoms. The normalized spacial score (nSPS) is 11.7. The Kier molecular flexibility index (Phi) is 5.13. The number of aryl methyl sites for hydroxylation is 2. The van der Waals surface area contributed by atoms with Crippen LogP contribution in [0.15, 0.2) is 17.0 Å². The van der Waals surface area contributed by atoms with Gasteiger partial charge in [-0.15, -0.1) is 0 Å². The van der Waals surface area contributed by atoms with Gasteiger partial charge in [-0.3, -0.25) is 0 Å². The Balaban J connectivity index is 2.95. The first-order valence-corrected chi connectivity index (χ1v) is 7.31. The fraction of sp³-hybridized carbons (Fsp3) is 0.500. The van der Waals surface area contributed by atoms with Gasteiger partial charge in [0.05, 0.1) is 12.3 Å². The number of hydrogen-bond donors (Lipinski definition) is 2. The van der Waals surface area contributed by atoms with Crippen LogP contribution in [-0.4, -0.2) is 28.2 Å². The summed E-state index contributed by atoms with van der Waals surface area (Å²) in [5.41, 5.74) is 7.55. The highest BCUT2D eigenvalue weighted by Gasteiger charge is 2.20. The van der Waals surface area contributed by atoms with Crippen molar-refractivity contribution in [1.29, 1.82) is 0 Å². The zero-order valence-electron chi connectivity index (χ0n) is 11.0. The first-order valence-electron chi connectivity index (χ1n) is 5.83. The van der Waals surface area contributed by atoms with Crippen LogP contribution in [0.3, 0.4) is 0 Å². The summed E-state index contributed by atoms with van der Waals surface area (Å²) in [7, 11) is -3.58. The maximum absolute atomic E-state index is 12.1. The highest BCUT2D eigenvalue weighted by molar-refractivity contribution is 7.89. The van der Waals surface area contributed by atoms with Gasteiger partial charge in [0, 0.05) is 13.2 Å². The highest BCUT2D eigenvalue weighted by atomic mass is 32.2. The van der Waals surface area contributed by atoms with E-state index in [0.29, 0.717) is 24.5 Å². The number of nitrogens with two attached hydrogens (primary N) is 1. The minimum atomic E-state index is -3.58. The second-order valence-electron chi connectivity index (χ2n) is 4.04. The van der Waals surface area contributed by atoms with Crippen LogP contribution in [0.1, 0.15) is 18.1 Å². The van der Waals surface area contributed by atoms with Crippen LogP contribution in [0.25, 0.3) is 0 Å². The van der Waals surface area contributed by atoms with E-state index in [9.17, 15) is 8.42 Å². The number of nitrogens with one attached hydrogen (secondary N) is 1. The average molecular weight is 272 g/mol. The standard InChI is InChI=1S/C12H20N2O3S/c1-4-17-8-7-14-18(15,16)12-10(3)6-5-9(2)11(12)13/h5-6,14H,4,7-8,13H2,1-3H3. The lowest BCUT2D eigenvalue weighted by molar-refractivity contribution is 0.153. The van der Waals surface area contributed by atoms with Crippen molar-refractivity contribution in [2.45, 2.75) is 25.7 Å². The molecule has 0 aliphatic heterocycles. The van der Waals surface area contributed by atoms with E-state index in [4.69, 9.17) is 10.5 Å². The molecule has 3 N–H and O–H groups in total. The molecular weight excluding hydrogens is 252 g/mol. The molecule has 0 unspecified atom stereocenters. The van der Waals surface area contributed by atoms with Gasteiger partial charge in [-0.25, -0.2) is 13.1 Å². The number of benzene rings is 1. The van der Waals surface area contributed by atoms with Crippen molar-refractivity contribution in [3.63, 3.8) is 0 Å². The van der Waals surface area contributed by atoms with Crippen LogP contribution < -0.4 is 10.5 Å². The summed E-state index contributed by atoms with van der Waals surface area (Å²) in [5, 5.41) is 0. The Labute approximate surface area is 108 Å². The molecule has 0 heterocycles. The van der Waals surface area contributed by atoms with Crippen molar-refractivity contribution in [1.82, 2.24) is 4.72 Å².